The Morgan fingerprint density at radius 1 is 0.444 bits per heavy atom. The summed E-state index contributed by atoms with van der Waals surface area (Å²) >= 11 is 0. The summed E-state index contributed by atoms with van der Waals surface area (Å²) in [4.78, 5) is 3.47. The zero-order chi connectivity index (χ0) is 36.0. The van der Waals surface area contributed by atoms with Crippen molar-refractivity contribution in [3.8, 4) is 55.9 Å². The molecule has 0 saturated heterocycles. The normalized spacial score (nSPS) is 13.1. The van der Waals surface area contributed by atoms with Crippen molar-refractivity contribution in [1.82, 2.24) is 15.2 Å². The van der Waals surface area contributed by atoms with Crippen molar-refractivity contribution in [3.63, 3.8) is 0 Å². The third kappa shape index (κ3) is 4.61. The maximum Gasteiger partial charge on any atom is 0.0929 e. The van der Waals surface area contributed by atoms with Gasteiger partial charge in [-0.1, -0.05) is 111 Å². The van der Waals surface area contributed by atoms with Gasteiger partial charge in [0.15, 0.2) is 0 Å². The monoisotopic (exact) mass is 689 g/mol. The van der Waals surface area contributed by atoms with Crippen molar-refractivity contribution < 1.29 is 0 Å². The van der Waals surface area contributed by atoms with Crippen LogP contribution in [0.4, 0.5) is 0 Å². The lowest BCUT2D eigenvalue weighted by atomic mass is 9.79. The maximum atomic E-state index is 4.45. The van der Waals surface area contributed by atoms with Crippen LogP contribution in [0.1, 0.15) is 25.0 Å². The number of H-pyrrole nitrogens is 1. The average molecular weight is 690 g/mol. The Labute approximate surface area is 313 Å². The Balaban J connectivity index is 1.28. The Bertz CT molecular complexity index is 3120. The largest absolute Gasteiger partial charge is 0.361 e. The fraction of sp³-hybridized carbons (Fsp3) is 0.0588. The van der Waals surface area contributed by atoms with Gasteiger partial charge in [-0.15, -0.1) is 0 Å². The minimum Gasteiger partial charge on any atom is -0.361 e. The highest BCUT2D eigenvalue weighted by Gasteiger charge is 2.37. The summed E-state index contributed by atoms with van der Waals surface area (Å²) in [6.07, 6.45) is 3.73. The van der Waals surface area contributed by atoms with E-state index < -0.39 is 0 Å². The first-order valence-electron chi connectivity index (χ1n) is 18.6. The van der Waals surface area contributed by atoms with Crippen LogP contribution in [0.25, 0.3) is 99.0 Å². The minimum absolute atomic E-state index is 0.234. The van der Waals surface area contributed by atoms with Gasteiger partial charge in [-0.05, 0) is 154 Å². The Morgan fingerprint density at radius 2 is 1.07 bits per heavy atom. The minimum atomic E-state index is -0.234. The van der Waals surface area contributed by atoms with Crippen LogP contribution in [0, 0.1) is 0 Å². The molecule has 1 aliphatic carbocycles. The van der Waals surface area contributed by atoms with Crippen molar-refractivity contribution in [2.75, 3.05) is 0 Å². The molecule has 0 unspecified atom stereocenters. The molecule has 3 nitrogen and oxygen atoms in total. The summed E-state index contributed by atoms with van der Waals surface area (Å²) in [5, 5.41) is 18.6. The fourth-order valence-electron chi connectivity index (χ4n) is 9.06. The molecule has 2 heterocycles. The average Bonchev–Trinajstić information content (AvgIpc) is 3.84. The lowest BCUT2D eigenvalue weighted by Crippen LogP contribution is -2.15. The van der Waals surface area contributed by atoms with E-state index in [2.05, 4.69) is 175 Å². The van der Waals surface area contributed by atoms with Gasteiger partial charge in [0.1, 0.15) is 0 Å². The van der Waals surface area contributed by atoms with E-state index in [0.717, 1.165) is 17.0 Å². The number of benzene rings is 8. The summed E-state index contributed by atoms with van der Waals surface area (Å²) in [6, 6.07) is 58.3. The number of nitrogens with zero attached hydrogens (tertiary/aromatic N) is 2. The third-order valence-corrected chi connectivity index (χ3v) is 11.8. The Hall–Kier alpha value is -6.84. The molecule has 0 atom stereocenters. The van der Waals surface area contributed by atoms with Crippen LogP contribution in [0.15, 0.2) is 170 Å². The highest BCUT2D eigenvalue weighted by molar-refractivity contribution is 6.23. The van der Waals surface area contributed by atoms with Gasteiger partial charge in [-0.2, -0.15) is 10.2 Å². The molecule has 254 valence electrons. The highest BCUT2D eigenvalue weighted by Crippen LogP contribution is 2.54. The molecular weight excluding hydrogens is 655 g/mol. The quantitative estimate of drug-likeness (QED) is 0.187. The van der Waals surface area contributed by atoms with E-state index in [1.54, 1.807) is 6.20 Å². The van der Waals surface area contributed by atoms with Gasteiger partial charge in [-0.25, -0.2) is 0 Å². The summed E-state index contributed by atoms with van der Waals surface area (Å²) < 4.78 is 0. The molecule has 2 aromatic heterocycles. The van der Waals surface area contributed by atoms with Crippen LogP contribution in [0.3, 0.4) is 0 Å². The molecule has 8 aromatic carbocycles. The second-order valence-electron chi connectivity index (χ2n) is 15.2. The zero-order valence-corrected chi connectivity index (χ0v) is 30.1. The highest BCUT2D eigenvalue weighted by atomic mass is 15.1. The third-order valence-electron chi connectivity index (χ3n) is 11.8. The molecule has 54 heavy (non-hydrogen) atoms. The van der Waals surface area contributed by atoms with Gasteiger partial charge < -0.3 is 4.98 Å². The smallest absolute Gasteiger partial charge is 0.0929 e. The van der Waals surface area contributed by atoms with Crippen molar-refractivity contribution in [2.24, 2.45) is 0 Å². The molecule has 11 rings (SSSR count). The van der Waals surface area contributed by atoms with E-state index in [1.807, 2.05) is 18.3 Å². The van der Waals surface area contributed by atoms with Crippen LogP contribution in [-0.4, -0.2) is 15.2 Å². The second-order valence-corrected chi connectivity index (χ2v) is 15.2. The number of rotatable bonds is 4. The van der Waals surface area contributed by atoms with Crippen LogP contribution >= 0.6 is 0 Å². The number of fused-ring (bicyclic) bond motifs is 7. The molecule has 0 aliphatic heterocycles. The molecule has 0 saturated carbocycles. The van der Waals surface area contributed by atoms with Crippen molar-refractivity contribution in [2.45, 2.75) is 19.3 Å². The first kappa shape index (κ1) is 30.8. The fourth-order valence-corrected chi connectivity index (χ4v) is 9.06. The standard InChI is InChI=1S/C51H35N3/c1-51(2)45-28-36(48-14-8-24-53-54-48)19-21-39(45)41-29-43-44(30-46(41)51)50(38-18-16-32-10-4-6-12-34(32)26-38)42-27-35(47-13-7-23-52-47)20-22-40(42)49(43)37-17-15-31-9-3-5-11-33(31)25-37/h3-30,52H,1-2H3. The van der Waals surface area contributed by atoms with Crippen LogP contribution in [0.5, 0.6) is 0 Å². The van der Waals surface area contributed by atoms with E-state index in [0.29, 0.717) is 0 Å². The zero-order valence-electron chi connectivity index (χ0n) is 30.1. The van der Waals surface area contributed by atoms with Gasteiger partial charge in [0.25, 0.3) is 0 Å². The number of hydrogen-bond donors (Lipinski definition) is 1. The lowest BCUT2D eigenvalue weighted by molar-refractivity contribution is 0.661. The van der Waals surface area contributed by atoms with Crippen molar-refractivity contribution in [3.05, 3.63) is 181 Å². The van der Waals surface area contributed by atoms with Crippen LogP contribution < -0.4 is 0 Å². The number of hydrogen-bond acceptors (Lipinski definition) is 2. The van der Waals surface area contributed by atoms with E-state index in [4.69, 9.17) is 0 Å². The molecule has 0 amide bonds. The van der Waals surface area contributed by atoms with Gasteiger partial charge >= 0.3 is 0 Å². The summed E-state index contributed by atoms with van der Waals surface area (Å²) in [5.74, 6) is 0. The summed E-state index contributed by atoms with van der Waals surface area (Å²) in [5.41, 5.74) is 14.2. The van der Waals surface area contributed by atoms with Crippen molar-refractivity contribution >= 4 is 43.1 Å². The first-order chi connectivity index (χ1) is 26.5. The molecule has 0 spiro atoms. The summed E-state index contributed by atoms with van der Waals surface area (Å²) in [6.45, 7) is 4.74. The van der Waals surface area contributed by atoms with Gasteiger partial charge in [-0.3, -0.25) is 0 Å². The van der Waals surface area contributed by atoms with Crippen LogP contribution in [0.2, 0.25) is 0 Å². The summed E-state index contributed by atoms with van der Waals surface area (Å²) in [7, 11) is 0. The van der Waals surface area contributed by atoms with E-state index >= 15 is 0 Å². The van der Waals surface area contributed by atoms with Gasteiger partial charge in [0, 0.05) is 29.1 Å². The first-order valence-corrected chi connectivity index (χ1v) is 18.6. The predicted molar refractivity (Wildman–Crippen MR) is 226 cm³/mol. The maximum absolute atomic E-state index is 4.45. The van der Waals surface area contributed by atoms with E-state index in [9.17, 15) is 0 Å². The molecule has 0 radical (unpaired) electrons. The second kappa shape index (κ2) is 11.6. The van der Waals surface area contributed by atoms with E-state index in [1.165, 1.54) is 93.2 Å². The van der Waals surface area contributed by atoms with E-state index in [-0.39, 0.29) is 5.41 Å². The molecular formula is C51H35N3. The van der Waals surface area contributed by atoms with Gasteiger partial charge in [0.05, 0.1) is 5.69 Å². The number of aromatic amines is 1. The SMILES string of the molecule is CC1(C)c2cc(-c3cccnn3)ccc2-c2cc3c(-c4ccc5ccccc5c4)c4ccc(-c5ccc[nH]5)cc4c(-c4ccc5ccccc5c4)c3cc21. The van der Waals surface area contributed by atoms with Crippen molar-refractivity contribution in [1.29, 1.82) is 0 Å². The Morgan fingerprint density at radius 3 is 1.76 bits per heavy atom. The molecule has 1 N–H and O–H groups in total. The number of nitrogens with one attached hydrogen (secondary N) is 1. The predicted octanol–water partition coefficient (Wildman–Crippen LogP) is 13.4. The molecule has 3 heteroatoms. The topological polar surface area (TPSA) is 41.6 Å². The lowest BCUT2D eigenvalue weighted by Gasteiger charge is -2.24. The molecule has 1 aliphatic rings. The Kier molecular flexibility index (Phi) is 6.60. The number of aromatic nitrogens is 3. The van der Waals surface area contributed by atoms with Crippen LogP contribution in [-0.2, 0) is 5.41 Å². The molecule has 0 bridgehead atoms. The molecule has 10 aromatic rings. The molecule has 0 fully saturated rings. The van der Waals surface area contributed by atoms with Gasteiger partial charge in [0.2, 0.25) is 0 Å².